The first-order valence-electron chi connectivity index (χ1n) is 10.5. The van der Waals surface area contributed by atoms with Crippen LogP contribution in [0.25, 0.3) is 0 Å². The zero-order chi connectivity index (χ0) is 19.6. The highest BCUT2D eigenvalue weighted by molar-refractivity contribution is 5.60. The molecule has 3 heteroatoms. The monoisotopic (exact) mass is 384 g/mol. The van der Waals surface area contributed by atoms with Crippen molar-refractivity contribution in [1.29, 1.82) is 0 Å². The molecule has 3 atom stereocenters. The molecule has 29 heavy (non-hydrogen) atoms. The van der Waals surface area contributed by atoms with Crippen molar-refractivity contribution >= 4 is 5.69 Å². The van der Waals surface area contributed by atoms with Gasteiger partial charge in [0.25, 0.3) is 0 Å². The van der Waals surface area contributed by atoms with Crippen LogP contribution >= 0.6 is 0 Å². The van der Waals surface area contributed by atoms with Crippen LogP contribution in [-0.4, -0.2) is 31.1 Å². The van der Waals surface area contributed by atoms with Crippen molar-refractivity contribution < 1.29 is 4.74 Å². The number of rotatable bonds is 7. The molecule has 0 spiro atoms. The van der Waals surface area contributed by atoms with Gasteiger partial charge in [-0.05, 0) is 35.1 Å². The zero-order valence-electron chi connectivity index (χ0n) is 16.9. The molecule has 2 aliphatic rings. The Bertz CT molecular complexity index is 890. The predicted molar refractivity (Wildman–Crippen MR) is 118 cm³/mol. The summed E-state index contributed by atoms with van der Waals surface area (Å²) in [6, 6.07) is 30.8. The summed E-state index contributed by atoms with van der Waals surface area (Å²) >= 11 is 0. The normalized spacial score (nSPS) is 22.6. The van der Waals surface area contributed by atoms with Gasteiger partial charge in [-0.25, -0.2) is 0 Å². The molecule has 2 fully saturated rings. The first-order valence-corrected chi connectivity index (χ1v) is 10.5. The third kappa shape index (κ3) is 3.75. The molecule has 1 heterocycles. The standard InChI is InChI=1S/C26H28N2O/c1-29-25-15-9-8-14-24(25)27-18-22-23(19-27)26(22)28(16-20-10-4-2-5-11-20)17-21-12-6-3-7-13-21/h2-15,22-23,26H,16-19H2,1H3/t22-,23?,26?/m0/s1. The Kier molecular flexibility index (Phi) is 4.99. The molecule has 1 aliphatic carbocycles. The van der Waals surface area contributed by atoms with E-state index < -0.39 is 0 Å². The summed E-state index contributed by atoms with van der Waals surface area (Å²) in [6.07, 6.45) is 0. The second kappa shape index (κ2) is 7.92. The molecule has 1 saturated carbocycles. The van der Waals surface area contributed by atoms with Crippen LogP contribution in [0.4, 0.5) is 5.69 Å². The number of fused-ring (bicyclic) bond motifs is 1. The maximum absolute atomic E-state index is 5.59. The summed E-state index contributed by atoms with van der Waals surface area (Å²) in [5.41, 5.74) is 4.03. The first-order chi connectivity index (χ1) is 14.3. The Morgan fingerprint density at radius 1 is 0.759 bits per heavy atom. The van der Waals surface area contributed by atoms with E-state index in [1.165, 1.54) is 16.8 Å². The van der Waals surface area contributed by atoms with E-state index in [1.807, 2.05) is 6.07 Å². The molecular formula is C26H28N2O. The Balaban J connectivity index is 1.31. The van der Waals surface area contributed by atoms with Crippen LogP contribution in [0.15, 0.2) is 84.9 Å². The lowest BCUT2D eigenvalue weighted by atomic mass is 10.1. The number of anilines is 1. The molecule has 0 N–H and O–H groups in total. The second-order valence-electron chi connectivity index (χ2n) is 8.27. The van der Waals surface area contributed by atoms with Crippen molar-refractivity contribution in [2.45, 2.75) is 19.1 Å². The molecule has 148 valence electrons. The average molecular weight is 385 g/mol. The van der Waals surface area contributed by atoms with E-state index in [0.717, 1.165) is 43.8 Å². The lowest BCUT2D eigenvalue weighted by Crippen LogP contribution is -2.34. The van der Waals surface area contributed by atoms with Crippen molar-refractivity contribution in [1.82, 2.24) is 4.90 Å². The van der Waals surface area contributed by atoms with Gasteiger partial charge in [0.2, 0.25) is 0 Å². The third-order valence-electron chi connectivity index (χ3n) is 6.45. The number of methoxy groups -OCH3 is 1. The molecule has 1 aliphatic heterocycles. The largest absolute Gasteiger partial charge is 0.495 e. The number of piperidine rings is 1. The van der Waals surface area contributed by atoms with Gasteiger partial charge >= 0.3 is 0 Å². The lowest BCUT2D eigenvalue weighted by molar-refractivity contribution is 0.222. The molecular weight excluding hydrogens is 356 g/mol. The molecule has 3 nitrogen and oxygen atoms in total. The number of nitrogens with zero attached hydrogens (tertiary/aromatic N) is 2. The van der Waals surface area contributed by atoms with Gasteiger partial charge in [0.05, 0.1) is 12.8 Å². The van der Waals surface area contributed by atoms with E-state index in [9.17, 15) is 0 Å². The van der Waals surface area contributed by atoms with Gasteiger partial charge < -0.3 is 9.64 Å². The van der Waals surface area contributed by atoms with E-state index >= 15 is 0 Å². The molecule has 0 amide bonds. The second-order valence-corrected chi connectivity index (χ2v) is 8.27. The quantitative estimate of drug-likeness (QED) is 0.580. The number of benzene rings is 3. The highest BCUT2D eigenvalue weighted by Gasteiger charge is 2.58. The highest BCUT2D eigenvalue weighted by Crippen LogP contribution is 2.51. The van der Waals surface area contributed by atoms with Crippen LogP contribution < -0.4 is 9.64 Å². The Hall–Kier alpha value is -2.78. The van der Waals surface area contributed by atoms with Gasteiger partial charge in [-0.1, -0.05) is 72.8 Å². The smallest absolute Gasteiger partial charge is 0.142 e. The zero-order valence-corrected chi connectivity index (χ0v) is 16.9. The molecule has 3 aromatic rings. The molecule has 0 aromatic heterocycles. The maximum atomic E-state index is 5.59. The van der Waals surface area contributed by atoms with Gasteiger partial charge in [0, 0.05) is 32.2 Å². The van der Waals surface area contributed by atoms with E-state index in [4.69, 9.17) is 4.74 Å². The van der Waals surface area contributed by atoms with Crippen LogP contribution in [0.5, 0.6) is 5.75 Å². The molecule has 1 saturated heterocycles. The average Bonchev–Trinajstić information content (AvgIpc) is 3.27. The topological polar surface area (TPSA) is 15.7 Å². The minimum absolute atomic E-state index is 0.668. The fourth-order valence-corrected chi connectivity index (χ4v) is 5.03. The number of ether oxygens (including phenoxy) is 1. The van der Waals surface area contributed by atoms with E-state index in [1.54, 1.807) is 7.11 Å². The number of para-hydroxylation sites is 2. The molecule has 3 aromatic carbocycles. The maximum Gasteiger partial charge on any atom is 0.142 e. The third-order valence-corrected chi connectivity index (χ3v) is 6.45. The van der Waals surface area contributed by atoms with Crippen molar-refractivity contribution in [2.75, 3.05) is 25.1 Å². The minimum Gasteiger partial charge on any atom is -0.495 e. The van der Waals surface area contributed by atoms with Gasteiger partial charge in [0.15, 0.2) is 0 Å². The summed E-state index contributed by atoms with van der Waals surface area (Å²) in [5, 5.41) is 0. The van der Waals surface area contributed by atoms with Crippen molar-refractivity contribution in [2.24, 2.45) is 11.8 Å². The summed E-state index contributed by atoms with van der Waals surface area (Å²) in [6.45, 7) is 4.27. The van der Waals surface area contributed by atoms with Crippen molar-refractivity contribution in [3.63, 3.8) is 0 Å². The number of hydrogen-bond donors (Lipinski definition) is 0. The molecule has 5 rings (SSSR count). The van der Waals surface area contributed by atoms with Crippen LogP contribution in [0.3, 0.4) is 0 Å². The van der Waals surface area contributed by atoms with Crippen molar-refractivity contribution in [3.05, 3.63) is 96.1 Å². The summed E-state index contributed by atoms with van der Waals surface area (Å²) < 4.78 is 5.59. The molecule has 2 unspecified atom stereocenters. The lowest BCUT2D eigenvalue weighted by Gasteiger charge is -2.29. The Labute approximate surface area is 173 Å². The minimum atomic E-state index is 0.668. The van der Waals surface area contributed by atoms with Gasteiger partial charge in [-0.3, -0.25) is 4.90 Å². The van der Waals surface area contributed by atoms with Crippen LogP contribution in [0.2, 0.25) is 0 Å². The first kappa shape index (κ1) is 18.3. The van der Waals surface area contributed by atoms with E-state index in [-0.39, 0.29) is 0 Å². The van der Waals surface area contributed by atoms with Crippen LogP contribution in [-0.2, 0) is 13.1 Å². The summed E-state index contributed by atoms with van der Waals surface area (Å²) in [5.74, 6) is 2.47. The van der Waals surface area contributed by atoms with E-state index in [0.29, 0.717) is 6.04 Å². The fraction of sp³-hybridized carbons (Fsp3) is 0.308. The van der Waals surface area contributed by atoms with Gasteiger partial charge in [0.1, 0.15) is 5.75 Å². The van der Waals surface area contributed by atoms with Crippen molar-refractivity contribution in [3.8, 4) is 5.75 Å². The van der Waals surface area contributed by atoms with Gasteiger partial charge in [-0.2, -0.15) is 0 Å². The fourth-order valence-electron chi connectivity index (χ4n) is 5.03. The van der Waals surface area contributed by atoms with Crippen LogP contribution in [0, 0.1) is 11.8 Å². The SMILES string of the molecule is COc1ccccc1N1CC2C(N(Cc3ccccc3)Cc3ccccc3)[C@H]2C1. The summed E-state index contributed by atoms with van der Waals surface area (Å²) in [7, 11) is 1.76. The molecule has 0 bridgehead atoms. The predicted octanol–water partition coefficient (Wildman–Crippen LogP) is 4.83. The highest BCUT2D eigenvalue weighted by atomic mass is 16.5. The van der Waals surface area contributed by atoms with Gasteiger partial charge in [-0.15, -0.1) is 0 Å². The molecule has 0 radical (unpaired) electrons. The Morgan fingerprint density at radius 2 is 1.28 bits per heavy atom. The van der Waals surface area contributed by atoms with E-state index in [2.05, 4.69) is 88.7 Å². The Morgan fingerprint density at radius 3 is 1.83 bits per heavy atom. The number of hydrogen-bond acceptors (Lipinski definition) is 3. The summed E-state index contributed by atoms with van der Waals surface area (Å²) in [4.78, 5) is 5.20. The van der Waals surface area contributed by atoms with Crippen LogP contribution in [0.1, 0.15) is 11.1 Å².